The Balaban J connectivity index is 2.09. The normalized spacial score (nSPS) is 11.1. The largest absolute Gasteiger partial charge is 0.383 e. The van der Waals surface area contributed by atoms with Crippen molar-refractivity contribution in [3.63, 3.8) is 0 Å². The van der Waals surface area contributed by atoms with E-state index in [1.54, 1.807) is 0 Å². The van der Waals surface area contributed by atoms with Crippen molar-refractivity contribution in [2.24, 2.45) is 0 Å². The Kier molecular flexibility index (Phi) is 3.60. The maximum atomic E-state index is 12.6. The number of imidazole rings is 1. The lowest BCUT2D eigenvalue weighted by molar-refractivity contribution is 0.0678. The van der Waals surface area contributed by atoms with Gasteiger partial charge in [0.1, 0.15) is 17.5 Å². The summed E-state index contributed by atoms with van der Waals surface area (Å²) >= 11 is 1.14. The lowest BCUT2D eigenvalue weighted by Crippen LogP contribution is -2.03. The number of thioether (sulfide) groups is 1. The average Bonchev–Trinajstić information content (AvgIpc) is 2.73. The van der Waals surface area contributed by atoms with Crippen LogP contribution in [-0.4, -0.2) is 19.5 Å². The average molecular weight is 272 g/mol. The van der Waals surface area contributed by atoms with Crippen molar-refractivity contribution < 1.29 is 8.78 Å². The zero-order chi connectivity index (χ0) is 13.1. The Labute approximate surface area is 105 Å². The molecule has 2 rings (SSSR count). The van der Waals surface area contributed by atoms with E-state index in [1.807, 2.05) is 0 Å². The van der Waals surface area contributed by atoms with E-state index in [2.05, 4.69) is 15.0 Å². The van der Waals surface area contributed by atoms with Crippen molar-refractivity contribution in [3.05, 3.63) is 24.3 Å². The second kappa shape index (κ2) is 5.17. The standard InChI is InChI=1S/C9H10F2N6S/c10-8(11)17-2-1-14-7(17)4-18-9-15-5(12)3-6(13)16-9/h1-3,8H,4H2,(H4,12,13,15,16). The number of anilines is 2. The first-order valence-electron chi connectivity index (χ1n) is 4.89. The monoisotopic (exact) mass is 272 g/mol. The summed E-state index contributed by atoms with van der Waals surface area (Å²) in [4.78, 5) is 11.7. The third kappa shape index (κ3) is 2.86. The lowest BCUT2D eigenvalue weighted by Gasteiger charge is -2.06. The highest BCUT2D eigenvalue weighted by atomic mass is 32.2. The van der Waals surface area contributed by atoms with E-state index in [1.165, 1.54) is 18.5 Å². The minimum atomic E-state index is -2.62. The number of aromatic nitrogens is 4. The number of nitrogens with two attached hydrogens (primary N) is 2. The number of nitrogen functional groups attached to an aromatic ring is 2. The number of rotatable bonds is 4. The predicted octanol–water partition coefficient (Wildman–Crippen LogP) is 1.52. The number of halogens is 2. The van der Waals surface area contributed by atoms with Crippen LogP contribution < -0.4 is 11.5 Å². The van der Waals surface area contributed by atoms with E-state index in [0.717, 1.165) is 16.3 Å². The van der Waals surface area contributed by atoms with Gasteiger partial charge in [-0.3, -0.25) is 4.57 Å². The summed E-state index contributed by atoms with van der Waals surface area (Å²) in [5.74, 6) is 0.921. The maximum absolute atomic E-state index is 12.6. The molecule has 4 N–H and O–H groups in total. The highest BCUT2D eigenvalue weighted by molar-refractivity contribution is 7.98. The molecule has 0 unspecified atom stereocenters. The van der Waals surface area contributed by atoms with Gasteiger partial charge in [0.2, 0.25) is 0 Å². The van der Waals surface area contributed by atoms with E-state index in [4.69, 9.17) is 11.5 Å². The van der Waals surface area contributed by atoms with Gasteiger partial charge in [0.25, 0.3) is 0 Å². The van der Waals surface area contributed by atoms with Crippen LogP contribution in [0.1, 0.15) is 12.4 Å². The summed E-state index contributed by atoms with van der Waals surface area (Å²) < 4.78 is 25.9. The molecule has 0 radical (unpaired) electrons. The number of hydrogen-bond acceptors (Lipinski definition) is 6. The van der Waals surface area contributed by atoms with Gasteiger partial charge in [-0.1, -0.05) is 11.8 Å². The Hall–Kier alpha value is -1.90. The Morgan fingerprint density at radius 2 is 1.94 bits per heavy atom. The third-order valence-electron chi connectivity index (χ3n) is 2.03. The van der Waals surface area contributed by atoms with Crippen LogP contribution in [0.3, 0.4) is 0 Å². The summed E-state index contributed by atoms with van der Waals surface area (Å²) in [6.07, 6.45) is 2.53. The van der Waals surface area contributed by atoms with E-state index >= 15 is 0 Å². The molecular weight excluding hydrogens is 262 g/mol. The lowest BCUT2D eigenvalue weighted by atomic mass is 10.5. The molecule has 2 aromatic rings. The van der Waals surface area contributed by atoms with Crippen molar-refractivity contribution in [1.82, 2.24) is 19.5 Å². The van der Waals surface area contributed by atoms with E-state index in [-0.39, 0.29) is 23.2 Å². The Morgan fingerprint density at radius 3 is 2.56 bits per heavy atom. The first-order chi connectivity index (χ1) is 8.56. The van der Waals surface area contributed by atoms with Crippen molar-refractivity contribution in [3.8, 4) is 0 Å². The SMILES string of the molecule is Nc1cc(N)nc(SCc2nccn2C(F)F)n1. The zero-order valence-corrected chi connectivity index (χ0v) is 9.94. The van der Waals surface area contributed by atoms with Crippen LogP contribution in [-0.2, 0) is 5.75 Å². The summed E-state index contributed by atoms with van der Waals surface area (Å²) in [5.41, 5.74) is 11.0. The molecule has 18 heavy (non-hydrogen) atoms. The molecule has 2 aromatic heterocycles. The highest BCUT2D eigenvalue weighted by Crippen LogP contribution is 2.22. The van der Waals surface area contributed by atoms with Crippen molar-refractivity contribution >= 4 is 23.4 Å². The molecule has 9 heteroatoms. The molecule has 0 saturated carbocycles. The smallest absolute Gasteiger partial charge is 0.319 e. The van der Waals surface area contributed by atoms with Crippen LogP contribution in [0.15, 0.2) is 23.6 Å². The topological polar surface area (TPSA) is 95.6 Å². The van der Waals surface area contributed by atoms with E-state index < -0.39 is 6.55 Å². The van der Waals surface area contributed by atoms with E-state index in [0.29, 0.717) is 5.16 Å². The van der Waals surface area contributed by atoms with Crippen LogP contribution in [0.2, 0.25) is 0 Å². The van der Waals surface area contributed by atoms with Crippen molar-refractivity contribution in [2.45, 2.75) is 17.5 Å². The first-order valence-corrected chi connectivity index (χ1v) is 5.87. The second-order valence-corrected chi connectivity index (χ2v) is 4.26. The van der Waals surface area contributed by atoms with Crippen molar-refractivity contribution in [2.75, 3.05) is 11.5 Å². The molecule has 0 fully saturated rings. The van der Waals surface area contributed by atoms with Gasteiger partial charge in [0.15, 0.2) is 5.16 Å². The molecule has 0 aliphatic rings. The molecule has 0 aromatic carbocycles. The molecule has 0 spiro atoms. The fourth-order valence-electron chi connectivity index (χ4n) is 1.29. The highest BCUT2D eigenvalue weighted by Gasteiger charge is 2.12. The second-order valence-electron chi connectivity index (χ2n) is 3.32. The molecule has 0 aliphatic heterocycles. The summed E-state index contributed by atoms with van der Waals surface area (Å²) in [6, 6.07) is 1.42. The summed E-state index contributed by atoms with van der Waals surface area (Å²) in [7, 11) is 0. The summed E-state index contributed by atoms with van der Waals surface area (Å²) in [5, 5.41) is 0.330. The number of nitrogens with zero attached hydrogens (tertiary/aromatic N) is 4. The number of alkyl halides is 2. The molecule has 0 aliphatic carbocycles. The van der Waals surface area contributed by atoms with E-state index in [9.17, 15) is 8.78 Å². The molecule has 0 saturated heterocycles. The van der Waals surface area contributed by atoms with Crippen LogP contribution in [0.4, 0.5) is 20.4 Å². The van der Waals surface area contributed by atoms with Crippen LogP contribution in [0.5, 0.6) is 0 Å². The van der Waals surface area contributed by atoms with Gasteiger partial charge in [-0.05, 0) is 0 Å². The zero-order valence-electron chi connectivity index (χ0n) is 9.12. The minimum Gasteiger partial charge on any atom is -0.383 e. The number of hydrogen-bond donors (Lipinski definition) is 2. The van der Waals surface area contributed by atoms with Gasteiger partial charge in [-0.2, -0.15) is 8.78 Å². The maximum Gasteiger partial charge on any atom is 0.319 e. The van der Waals surface area contributed by atoms with Crippen LogP contribution in [0.25, 0.3) is 0 Å². The fourth-order valence-corrected chi connectivity index (χ4v) is 2.11. The fraction of sp³-hybridized carbons (Fsp3) is 0.222. The van der Waals surface area contributed by atoms with Gasteiger partial charge in [0, 0.05) is 18.5 Å². The van der Waals surface area contributed by atoms with Crippen molar-refractivity contribution in [1.29, 1.82) is 0 Å². The summed E-state index contributed by atoms with van der Waals surface area (Å²) in [6.45, 7) is -2.62. The molecular formula is C9H10F2N6S. The minimum absolute atomic E-state index is 0.209. The van der Waals surface area contributed by atoms with Crippen LogP contribution in [0, 0.1) is 0 Å². The quantitative estimate of drug-likeness (QED) is 0.647. The predicted molar refractivity (Wildman–Crippen MR) is 63.9 cm³/mol. The molecule has 96 valence electrons. The van der Waals surface area contributed by atoms with Gasteiger partial charge >= 0.3 is 6.55 Å². The first kappa shape index (κ1) is 12.6. The Bertz CT molecular complexity index is 523. The van der Waals surface area contributed by atoms with Crippen LogP contribution >= 0.6 is 11.8 Å². The molecule has 0 amide bonds. The van der Waals surface area contributed by atoms with Gasteiger partial charge in [0.05, 0.1) is 5.75 Å². The molecule has 6 nitrogen and oxygen atoms in total. The third-order valence-corrected chi connectivity index (χ3v) is 2.88. The molecule has 0 atom stereocenters. The molecule has 0 bridgehead atoms. The van der Waals surface area contributed by atoms with Gasteiger partial charge in [-0.15, -0.1) is 0 Å². The Morgan fingerprint density at radius 1 is 1.28 bits per heavy atom. The van der Waals surface area contributed by atoms with Gasteiger partial charge in [-0.25, -0.2) is 15.0 Å². The molecule has 2 heterocycles. The van der Waals surface area contributed by atoms with Gasteiger partial charge < -0.3 is 11.5 Å².